The molecule has 1 atom stereocenters. The van der Waals surface area contributed by atoms with Gasteiger partial charge in [0.15, 0.2) is 0 Å². The van der Waals surface area contributed by atoms with Gasteiger partial charge < -0.3 is 9.64 Å². The van der Waals surface area contributed by atoms with Gasteiger partial charge in [-0.3, -0.25) is 9.78 Å². The number of benzene rings is 1. The molecule has 1 saturated carbocycles. The highest BCUT2D eigenvalue weighted by atomic mass is 16.5. The summed E-state index contributed by atoms with van der Waals surface area (Å²) in [6, 6.07) is 12.5. The number of amides is 1. The Morgan fingerprint density at radius 1 is 1.04 bits per heavy atom. The monoisotopic (exact) mass is 378 g/mol. The number of hydrogen-bond donors (Lipinski definition) is 0. The minimum atomic E-state index is 0.263. The highest BCUT2D eigenvalue weighted by molar-refractivity contribution is 5.79. The Hall–Kier alpha value is -2.36. The second-order valence-corrected chi connectivity index (χ2v) is 8.26. The highest BCUT2D eigenvalue weighted by Crippen LogP contribution is 2.33. The topological polar surface area (TPSA) is 42.4 Å². The predicted molar refractivity (Wildman–Crippen MR) is 111 cm³/mol. The zero-order valence-electron chi connectivity index (χ0n) is 17.0. The molecule has 0 radical (unpaired) electrons. The van der Waals surface area contributed by atoms with Crippen molar-refractivity contribution in [3.8, 4) is 16.9 Å². The molecule has 4 rings (SSSR count). The average molecular weight is 379 g/mol. The fraction of sp³-hybridized carbons (Fsp3) is 0.500. The van der Waals surface area contributed by atoms with Gasteiger partial charge >= 0.3 is 0 Å². The molecule has 0 N–H and O–H groups in total. The van der Waals surface area contributed by atoms with Gasteiger partial charge in [0, 0.05) is 36.3 Å². The summed E-state index contributed by atoms with van der Waals surface area (Å²) in [7, 11) is 1.69. The number of likely N-dealkylation sites (tertiary alicyclic amines) is 1. The molecule has 148 valence electrons. The summed E-state index contributed by atoms with van der Waals surface area (Å²) in [5, 5.41) is 0. The first kappa shape index (κ1) is 19.0. The van der Waals surface area contributed by atoms with Crippen molar-refractivity contribution in [1.82, 2.24) is 9.88 Å². The van der Waals surface area contributed by atoms with Crippen molar-refractivity contribution in [2.24, 2.45) is 5.92 Å². The van der Waals surface area contributed by atoms with Crippen LogP contribution in [0.3, 0.4) is 0 Å². The van der Waals surface area contributed by atoms with E-state index in [9.17, 15) is 4.79 Å². The van der Waals surface area contributed by atoms with Gasteiger partial charge in [-0.15, -0.1) is 0 Å². The fourth-order valence-corrected chi connectivity index (χ4v) is 4.70. The lowest BCUT2D eigenvalue weighted by Gasteiger charge is -2.34. The van der Waals surface area contributed by atoms with Crippen molar-refractivity contribution in [2.75, 3.05) is 20.2 Å². The molecule has 1 unspecified atom stereocenters. The summed E-state index contributed by atoms with van der Waals surface area (Å²) in [6.07, 6.45) is 6.73. The van der Waals surface area contributed by atoms with Crippen LogP contribution < -0.4 is 4.74 Å². The number of carbonyl (C=O) groups is 1. The van der Waals surface area contributed by atoms with E-state index < -0.39 is 0 Å². The number of aromatic nitrogens is 1. The molecule has 1 aliphatic heterocycles. The maximum absolute atomic E-state index is 12.9. The first-order valence-corrected chi connectivity index (χ1v) is 10.6. The summed E-state index contributed by atoms with van der Waals surface area (Å²) in [4.78, 5) is 19.8. The molecule has 1 amide bonds. The number of ether oxygens (including phenoxy) is 1. The molecule has 2 heterocycles. The molecule has 2 aromatic rings. The Bertz CT molecular complexity index is 825. The zero-order chi connectivity index (χ0) is 19.5. The van der Waals surface area contributed by atoms with Crippen molar-refractivity contribution < 1.29 is 9.53 Å². The minimum Gasteiger partial charge on any atom is -0.497 e. The summed E-state index contributed by atoms with van der Waals surface area (Å²) < 4.78 is 5.27. The molecule has 4 nitrogen and oxygen atoms in total. The van der Waals surface area contributed by atoms with Crippen molar-refractivity contribution in [3.63, 3.8) is 0 Å². The van der Waals surface area contributed by atoms with Crippen molar-refractivity contribution in [3.05, 3.63) is 47.8 Å². The summed E-state index contributed by atoms with van der Waals surface area (Å²) in [5.74, 6) is 1.84. The Labute approximate surface area is 167 Å². The maximum atomic E-state index is 12.9. The molecule has 1 aliphatic carbocycles. The number of piperidine rings is 1. The van der Waals surface area contributed by atoms with Crippen molar-refractivity contribution in [1.29, 1.82) is 0 Å². The quantitative estimate of drug-likeness (QED) is 0.755. The molecular weight excluding hydrogens is 348 g/mol. The largest absolute Gasteiger partial charge is 0.497 e. The molecule has 0 bridgehead atoms. The van der Waals surface area contributed by atoms with Crippen LogP contribution in [-0.2, 0) is 4.79 Å². The normalized spacial score (nSPS) is 20.4. The first-order valence-electron chi connectivity index (χ1n) is 10.6. The molecule has 1 aromatic heterocycles. The smallest absolute Gasteiger partial charge is 0.225 e. The van der Waals surface area contributed by atoms with E-state index in [0.717, 1.165) is 55.9 Å². The minimum absolute atomic E-state index is 0.263. The third kappa shape index (κ3) is 4.06. The third-order valence-electron chi connectivity index (χ3n) is 6.25. The number of nitrogens with zero attached hydrogens (tertiary/aromatic N) is 2. The fourth-order valence-electron chi connectivity index (χ4n) is 4.70. The predicted octanol–water partition coefficient (Wildman–Crippen LogP) is 4.96. The van der Waals surface area contributed by atoms with Gasteiger partial charge in [0.2, 0.25) is 5.91 Å². The van der Waals surface area contributed by atoms with Crippen LogP contribution in [0.1, 0.15) is 55.8 Å². The number of pyridine rings is 1. The van der Waals surface area contributed by atoms with E-state index >= 15 is 0 Å². The Morgan fingerprint density at radius 2 is 1.79 bits per heavy atom. The number of aryl methyl sites for hydroxylation is 1. The second kappa shape index (κ2) is 8.34. The van der Waals surface area contributed by atoms with Gasteiger partial charge in [0.25, 0.3) is 0 Å². The lowest BCUT2D eigenvalue weighted by Crippen LogP contribution is -2.42. The number of carbonyl (C=O) groups excluding carboxylic acids is 1. The van der Waals surface area contributed by atoms with Crippen molar-refractivity contribution in [2.45, 2.75) is 51.4 Å². The molecule has 4 heteroatoms. The maximum Gasteiger partial charge on any atom is 0.225 e. The number of rotatable bonds is 4. The standard InChI is InChI=1S/C24H30N2O2/c1-17-14-21(18-9-11-22(28-2)12-10-18)15-23(25-17)20-8-5-13-26(16-20)24(27)19-6-3-4-7-19/h9-12,14-15,19-20H,3-8,13,16H2,1-2H3. The van der Waals surface area contributed by atoms with Crippen LogP contribution in [0.2, 0.25) is 0 Å². The summed E-state index contributed by atoms with van der Waals surface area (Å²) >= 11 is 0. The van der Waals surface area contributed by atoms with Gasteiger partial charge in [-0.2, -0.15) is 0 Å². The van der Waals surface area contributed by atoms with Crippen LogP contribution in [0.5, 0.6) is 5.75 Å². The molecule has 1 aromatic carbocycles. The van der Waals surface area contributed by atoms with Gasteiger partial charge in [0.05, 0.1) is 7.11 Å². The molecule has 28 heavy (non-hydrogen) atoms. The van der Waals surface area contributed by atoms with Crippen LogP contribution >= 0.6 is 0 Å². The Balaban J connectivity index is 1.54. The Morgan fingerprint density at radius 3 is 2.50 bits per heavy atom. The van der Waals surface area contributed by atoms with Crippen LogP contribution in [-0.4, -0.2) is 36.0 Å². The summed E-state index contributed by atoms with van der Waals surface area (Å²) in [5.41, 5.74) is 4.50. The average Bonchev–Trinajstić information content (AvgIpc) is 3.28. The molecule has 2 fully saturated rings. The molecule has 1 saturated heterocycles. The van der Waals surface area contributed by atoms with Gasteiger partial charge in [-0.1, -0.05) is 25.0 Å². The van der Waals surface area contributed by atoms with Crippen LogP contribution in [0, 0.1) is 12.8 Å². The number of methoxy groups -OCH3 is 1. The summed E-state index contributed by atoms with van der Waals surface area (Å²) in [6.45, 7) is 3.78. The zero-order valence-corrected chi connectivity index (χ0v) is 17.0. The highest BCUT2D eigenvalue weighted by Gasteiger charge is 2.31. The van der Waals surface area contributed by atoms with E-state index in [1.54, 1.807) is 7.11 Å². The van der Waals surface area contributed by atoms with E-state index in [1.165, 1.54) is 24.0 Å². The van der Waals surface area contributed by atoms with E-state index in [0.29, 0.717) is 11.8 Å². The SMILES string of the molecule is COc1ccc(-c2cc(C)nc(C3CCCN(C(=O)C4CCCC4)C3)c2)cc1. The molecule has 0 spiro atoms. The van der Waals surface area contributed by atoms with Gasteiger partial charge in [-0.25, -0.2) is 0 Å². The van der Waals surface area contributed by atoms with Crippen LogP contribution in [0.15, 0.2) is 36.4 Å². The number of hydrogen-bond acceptors (Lipinski definition) is 3. The lowest BCUT2D eigenvalue weighted by molar-refractivity contribution is -0.136. The molecular formula is C24H30N2O2. The van der Waals surface area contributed by atoms with Crippen molar-refractivity contribution >= 4 is 5.91 Å². The second-order valence-electron chi connectivity index (χ2n) is 8.26. The van der Waals surface area contributed by atoms with E-state index in [2.05, 4.69) is 36.1 Å². The van der Waals surface area contributed by atoms with Crippen LogP contribution in [0.25, 0.3) is 11.1 Å². The van der Waals surface area contributed by atoms with E-state index in [-0.39, 0.29) is 5.92 Å². The third-order valence-corrected chi connectivity index (χ3v) is 6.25. The van der Waals surface area contributed by atoms with Gasteiger partial charge in [-0.05, 0) is 68.0 Å². The Kier molecular flexibility index (Phi) is 5.65. The lowest BCUT2D eigenvalue weighted by atomic mass is 9.91. The van der Waals surface area contributed by atoms with Gasteiger partial charge in [0.1, 0.15) is 5.75 Å². The molecule has 2 aliphatic rings. The first-order chi connectivity index (χ1) is 13.6. The van der Waals surface area contributed by atoms with E-state index in [1.807, 2.05) is 12.1 Å². The van der Waals surface area contributed by atoms with E-state index in [4.69, 9.17) is 9.72 Å². The van der Waals surface area contributed by atoms with Crippen LogP contribution in [0.4, 0.5) is 0 Å².